The first-order valence-electron chi connectivity index (χ1n) is 11.0. The zero-order valence-corrected chi connectivity index (χ0v) is 18.6. The molecule has 1 fully saturated rings. The number of ether oxygens (including phenoxy) is 1. The first-order valence-corrected chi connectivity index (χ1v) is 11.0. The van der Waals surface area contributed by atoms with Gasteiger partial charge in [-0.3, -0.25) is 0 Å². The van der Waals surface area contributed by atoms with E-state index in [9.17, 15) is 8.78 Å². The smallest absolute Gasteiger partial charge is 0.270 e. The average molecular weight is 450 g/mol. The Bertz CT molecular complexity index is 1270. The van der Waals surface area contributed by atoms with Gasteiger partial charge < -0.3 is 14.2 Å². The lowest BCUT2D eigenvalue weighted by atomic mass is 10.1. The molecule has 0 saturated carbocycles. The van der Waals surface area contributed by atoms with Crippen LogP contribution in [0.5, 0.6) is 0 Å². The number of fused-ring (bicyclic) bond motifs is 1. The van der Waals surface area contributed by atoms with Gasteiger partial charge in [0.1, 0.15) is 11.2 Å². The van der Waals surface area contributed by atoms with E-state index in [0.29, 0.717) is 36.9 Å². The van der Waals surface area contributed by atoms with Crippen molar-refractivity contribution in [2.75, 3.05) is 31.2 Å². The SMILES string of the molecule is Cc1cccc(-c2nc(N3CCOCC3)nc3c2ncn3Cc2ccc(C(C)(F)F)cc2)c1. The number of rotatable bonds is 5. The molecule has 0 N–H and O–H groups in total. The molecule has 6 nitrogen and oxygen atoms in total. The number of hydrogen-bond acceptors (Lipinski definition) is 5. The van der Waals surface area contributed by atoms with E-state index in [1.54, 1.807) is 18.5 Å². The maximum absolute atomic E-state index is 13.6. The number of benzene rings is 2. The Labute approximate surface area is 190 Å². The second kappa shape index (κ2) is 8.51. The molecule has 33 heavy (non-hydrogen) atoms. The normalized spacial score (nSPS) is 14.7. The number of anilines is 1. The van der Waals surface area contributed by atoms with Crippen molar-refractivity contribution in [1.29, 1.82) is 0 Å². The summed E-state index contributed by atoms with van der Waals surface area (Å²) in [5.41, 5.74) is 5.23. The lowest BCUT2D eigenvalue weighted by Crippen LogP contribution is -2.37. The first kappa shape index (κ1) is 21.5. The van der Waals surface area contributed by atoms with Crippen molar-refractivity contribution in [3.05, 3.63) is 71.5 Å². The number of imidazole rings is 1. The molecule has 2 aromatic carbocycles. The first-order chi connectivity index (χ1) is 15.9. The molecule has 1 aliphatic heterocycles. The van der Waals surface area contributed by atoms with Gasteiger partial charge in [-0.05, 0) is 18.6 Å². The van der Waals surface area contributed by atoms with Crippen LogP contribution in [0.2, 0.25) is 0 Å². The summed E-state index contributed by atoms with van der Waals surface area (Å²) in [7, 11) is 0. The van der Waals surface area contributed by atoms with Crippen LogP contribution < -0.4 is 4.90 Å². The molecule has 5 rings (SSSR count). The van der Waals surface area contributed by atoms with Gasteiger partial charge >= 0.3 is 0 Å². The van der Waals surface area contributed by atoms with Crippen molar-refractivity contribution in [2.24, 2.45) is 0 Å². The van der Waals surface area contributed by atoms with Crippen molar-refractivity contribution >= 4 is 17.1 Å². The minimum absolute atomic E-state index is 0.000372. The maximum Gasteiger partial charge on any atom is 0.270 e. The minimum atomic E-state index is -2.86. The van der Waals surface area contributed by atoms with E-state index in [1.807, 2.05) is 29.7 Å². The molecule has 0 atom stereocenters. The molecule has 1 aliphatic rings. The van der Waals surface area contributed by atoms with Crippen molar-refractivity contribution in [3.63, 3.8) is 0 Å². The van der Waals surface area contributed by atoms with Gasteiger partial charge in [0, 0.05) is 31.1 Å². The quantitative estimate of drug-likeness (QED) is 0.438. The third-order valence-corrected chi connectivity index (χ3v) is 5.85. The molecule has 1 saturated heterocycles. The van der Waals surface area contributed by atoms with Crippen LogP contribution in [0.15, 0.2) is 54.9 Å². The molecule has 170 valence electrons. The van der Waals surface area contributed by atoms with Gasteiger partial charge in [-0.1, -0.05) is 48.0 Å². The van der Waals surface area contributed by atoms with Crippen LogP contribution in [-0.2, 0) is 17.2 Å². The van der Waals surface area contributed by atoms with Gasteiger partial charge in [0.25, 0.3) is 5.92 Å². The lowest BCUT2D eigenvalue weighted by molar-refractivity contribution is 0.0174. The van der Waals surface area contributed by atoms with Crippen LogP contribution in [0.25, 0.3) is 22.4 Å². The number of alkyl halides is 2. The standard InChI is InChI=1S/C25H25F2N5O/c1-17-4-3-5-19(14-17)21-22-23(30-24(29-21)31-10-12-33-13-11-31)32(16-28-22)15-18-6-8-20(9-7-18)25(2,26)27/h3-9,14,16H,10-13,15H2,1-2H3. The highest BCUT2D eigenvalue weighted by Crippen LogP contribution is 2.30. The van der Waals surface area contributed by atoms with Crippen molar-refractivity contribution < 1.29 is 13.5 Å². The summed E-state index contributed by atoms with van der Waals surface area (Å²) in [5.74, 6) is -2.21. The lowest BCUT2D eigenvalue weighted by Gasteiger charge is -2.27. The number of aryl methyl sites for hydroxylation is 1. The van der Waals surface area contributed by atoms with Gasteiger partial charge in [-0.15, -0.1) is 0 Å². The second-order valence-electron chi connectivity index (χ2n) is 8.47. The second-order valence-corrected chi connectivity index (χ2v) is 8.47. The molecule has 4 aromatic rings. The Hall–Kier alpha value is -3.39. The van der Waals surface area contributed by atoms with Gasteiger partial charge in [0.2, 0.25) is 5.95 Å². The molecular weight excluding hydrogens is 424 g/mol. The average Bonchev–Trinajstić information content (AvgIpc) is 3.21. The Morgan fingerprint density at radius 1 is 1.03 bits per heavy atom. The fourth-order valence-electron chi connectivity index (χ4n) is 4.05. The van der Waals surface area contributed by atoms with Crippen LogP contribution in [-0.4, -0.2) is 45.8 Å². The van der Waals surface area contributed by atoms with Gasteiger partial charge in [-0.25, -0.2) is 18.7 Å². The molecule has 8 heteroatoms. The van der Waals surface area contributed by atoms with Crippen LogP contribution in [0.4, 0.5) is 14.7 Å². The Balaban J connectivity index is 1.58. The molecule has 0 unspecified atom stereocenters. The predicted octanol–water partition coefficient (Wildman–Crippen LogP) is 4.80. The topological polar surface area (TPSA) is 56.1 Å². The fraction of sp³-hybridized carbons (Fsp3) is 0.320. The molecule has 0 spiro atoms. The summed E-state index contributed by atoms with van der Waals surface area (Å²) in [6, 6.07) is 14.6. The third kappa shape index (κ3) is 4.43. The summed E-state index contributed by atoms with van der Waals surface area (Å²) >= 11 is 0. The van der Waals surface area contributed by atoms with Crippen LogP contribution in [0, 0.1) is 6.92 Å². The Kier molecular flexibility index (Phi) is 5.54. The highest BCUT2D eigenvalue weighted by molar-refractivity contribution is 5.88. The van der Waals surface area contributed by atoms with Gasteiger partial charge in [0.15, 0.2) is 5.65 Å². The van der Waals surface area contributed by atoms with E-state index >= 15 is 0 Å². The summed E-state index contributed by atoms with van der Waals surface area (Å²) in [4.78, 5) is 16.5. The molecule has 0 amide bonds. The molecule has 0 aliphatic carbocycles. The van der Waals surface area contributed by atoms with E-state index in [1.165, 1.54) is 12.1 Å². The monoisotopic (exact) mass is 449 g/mol. The summed E-state index contributed by atoms with van der Waals surface area (Å²) in [6.45, 7) is 6.14. The van der Waals surface area contributed by atoms with Crippen LogP contribution in [0.1, 0.15) is 23.6 Å². The molecule has 3 heterocycles. The van der Waals surface area contributed by atoms with Gasteiger partial charge in [-0.2, -0.15) is 4.98 Å². The largest absolute Gasteiger partial charge is 0.378 e. The van der Waals surface area contributed by atoms with E-state index in [-0.39, 0.29) is 5.56 Å². The van der Waals surface area contributed by atoms with E-state index in [0.717, 1.165) is 42.4 Å². The summed E-state index contributed by atoms with van der Waals surface area (Å²) in [6.07, 6.45) is 1.74. The molecular formula is C25H25F2N5O. The van der Waals surface area contributed by atoms with Gasteiger partial charge in [0.05, 0.1) is 26.1 Å². The maximum atomic E-state index is 13.6. The Morgan fingerprint density at radius 2 is 1.79 bits per heavy atom. The molecule has 0 radical (unpaired) electrons. The third-order valence-electron chi connectivity index (χ3n) is 5.85. The van der Waals surface area contributed by atoms with Crippen molar-refractivity contribution in [1.82, 2.24) is 19.5 Å². The number of aromatic nitrogens is 4. The van der Waals surface area contributed by atoms with Crippen molar-refractivity contribution in [2.45, 2.75) is 26.3 Å². The summed E-state index contributed by atoms with van der Waals surface area (Å²) < 4.78 is 34.6. The highest BCUT2D eigenvalue weighted by Gasteiger charge is 2.24. The van der Waals surface area contributed by atoms with Crippen LogP contribution >= 0.6 is 0 Å². The fourth-order valence-corrected chi connectivity index (χ4v) is 4.05. The minimum Gasteiger partial charge on any atom is -0.378 e. The number of halogens is 2. The Morgan fingerprint density at radius 3 is 2.48 bits per heavy atom. The van der Waals surface area contributed by atoms with Crippen molar-refractivity contribution in [3.8, 4) is 11.3 Å². The predicted molar refractivity (Wildman–Crippen MR) is 124 cm³/mol. The zero-order valence-electron chi connectivity index (χ0n) is 18.6. The number of nitrogens with zero attached hydrogens (tertiary/aromatic N) is 5. The summed E-state index contributed by atoms with van der Waals surface area (Å²) in [5, 5.41) is 0. The number of hydrogen-bond donors (Lipinski definition) is 0. The molecule has 0 bridgehead atoms. The van der Waals surface area contributed by atoms with E-state index < -0.39 is 5.92 Å². The number of morpholine rings is 1. The van der Waals surface area contributed by atoms with E-state index in [4.69, 9.17) is 14.7 Å². The van der Waals surface area contributed by atoms with E-state index in [2.05, 4.69) is 16.0 Å². The molecule has 2 aromatic heterocycles. The zero-order chi connectivity index (χ0) is 23.0. The highest BCUT2D eigenvalue weighted by atomic mass is 19.3. The van der Waals surface area contributed by atoms with Crippen LogP contribution in [0.3, 0.4) is 0 Å².